The summed E-state index contributed by atoms with van der Waals surface area (Å²) in [5.41, 5.74) is 4.62. The van der Waals surface area contributed by atoms with E-state index in [1.165, 1.54) is 11.8 Å². The molecule has 0 atom stereocenters. The highest BCUT2D eigenvalue weighted by Gasteiger charge is 2.40. The third-order valence-electron chi connectivity index (χ3n) is 6.12. The highest BCUT2D eigenvalue weighted by atomic mass is 32.2. The molecule has 8 heteroatoms. The lowest BCUT2D eigenvalue weighted by Gasteiger charge is -2.17. The number of hydrogen-bond acceptors (Lipinski definition) is 7. The van der Waals surface area contributed by atoms with Gasteiger partial charge in [-0.1, -0.05) is 35.5 Å². The SMILES string of the molecule is COc1ccc2c(c1)N(C)C(=C1SC(=Nc3ccc4ncccc4c3)N(c3ccc(C)cc3)C1=O)S2. The fourth-order valence-electron chi connectivity index (χ4n) is 4.19. The second kappa shape index (κ2) is 9.04. The first-order chi connectivity index (χ1) is 17.5. The average molecular weight is 511 g/mol. The van der Waals surface area contributed by atoms with Crippen molar-refractivity contribution in [2.24, 2.45) is 4.99 Å². The van der Waals surface area contributed by atoms with Crippen LogP contribution in [0.1, 0.15) is 5.56 Å². The van der Waals surface area contributed by atoms with E-state index in [4.69, 9.17) is 9.73 Å². The Hall–Kier alpha value is -3.75. The van der Waals surface area contributed by atoms with Crippen LogP contribution in [-0.2, 0) is 4.79 Å². The van der Waals surface area contributed by atoms with Crippen LogP contribution in [0.3, 0.4) is 0 Å². The van der Waals surface area contributed by atoms with Crippen LogP contribution in [-0.4, -0.2) is 30.2 Å². The molecule has 0 N–H and O–H groups in total. The maximum Gasteiger partial charge on any atom is 0.274 e. The molecule has 0 unspecified atom stereocenters. The second-order valence-corrected chi connectivity index (χ2v) is 10.5. The first-order valence-corrected chi connectivity index (χ1v) is 13.0. The predicted octanol–water partition coefficient (Wildman–Crippen LogP) is 6.73. The Labute approximate surface area is 217 Å². The number of carbonyl (C=O) groups is 1. The average Bonchev–Trinajstić information content (AvgIpc) is 3.40. The number of aryl methyl sites for hydroxylation is 1. The van der Waals surface area contributed by atoms with Crippen molar-refractivity contribution in [3.05, 3.63) is 94.5 Å². The van der Waals surface area contributed by atoms with Crippen molar-refractivity contribution < 1.29 is 9.53 Å². The Bertz CT molecular complexity index is 1580. The number of benzene rings is 3. The van der Waals surface area contributed by atoms with Crippen molar-refractivity contribution in [3.8, 4) is 5.75 Å². The van der Waals surface area contributed by atoms with Crippen LogP contribution in [0.15, 0.2) is 98.8 Å². The number of amidine groups is 1. The van der Waals surface area contributed by atoms with E-state index < -0.39 is 0 Å². The van der Waals surface area contributed by atoms with Crippen LogP contribution in [0.5, 0.6) is 5.75 Å². The third-order valence-corrected chi connectivity index (χ3v) is 8.51. The molecule has 4 aromatic rings. The van der Waals surface area contributed by atoms with Crippen molar-refractivity contribution in [1.29, 1.82) is 0 Å². The molecule has 1 aromatic heterocycles. The molecule has 0 bridgehead atoms. The van der Waals surface area contributed by atoms with Crippen molar-refractivity contribution in [3.63, 3.8) is 0 Å². The number of fused-ring (bicyclic) bond motifs is 2. The summed E-state index contributed by atoms with van der Waals surface area (Å²) in [5.74, 6) is 0.700. The zero-order valence-corrected chi connectivity index (χ0v) is 21.6. The van der Waals surface area contributed by atoms with Crippen LogP contribution in [0.2, 0.25) is 0 Å². The molecule has 0 radical (unpaired) electrons. The number of amides is 1. The number of methoxy groups -OCH3 is 1. The number of rotatable bonds is 3. The van der Waals surface area contributed by atoms with Crippen LogP contribution >= 0.6 is 23.5 Å². The van der Waals surface area contributed by atoms with E-state index in [2.05, 4.69) is 9.88 Å². The fourth-order valence-corrected chi connectivity index (χ4v) is 6.52. The van der Waals surface area contributed by atoms with E-state index in [0.29, 0.717) is 10.1 Å². The highest BCUT2D eigenvalue weighted by Crippen LogP contribution is 2.51. The van der Waals surface area contributed by atoms with Gasteiger partial charge in [0, 0.05) is 29.6 Å². The van der Waals surface area contributed by atoms with Crippen molar-refractivity contribution in [2.75, 3.05) is 24.0 Å². The van der Waals surface area contributed by atoms with Crippen molar-refractivity contribution in [1.82, 2.24) is 4.98 Å². The summed E-state index contributed by atoms with van der Waals surface area (Å²) in [5, 5.41) is 2.51. The topological polar surface area (TPSA) is 58.0 Å². The maximum absolute atomic E-state index is 13.9. The Morgan fingerprint density at radius 2 is 1.81 bits per heavy atom. The molecular weight excluding hydrogens is 488 g/mol. The fraction of sp³-hybridized carbons (Fsp3) is 0.107. The van der Waals surface area contributed by atoms with E-state index in [1.54, 1.807) is 30.0 Å². The molecule has 1 amide bonds. The normalized spacial score (nSPS) is 18.4. The van der Waals surface area contributed by atoms with Gasteiger partial charge in [-0.25, -0.2) is 4.99 Å². The molecule has 1 saturated heterocycles. The van der Waals surface area contributed by atoms with Crippen LogP contribution in [0, 0.1) is 6.92 Å². The molecule has 178 valence electrons. The van der Waals surface area contributed by atoms with E-state index in [9.17, 15) is 4.79 Å². The van der Waals surface area contributed by atoms with Gasteiger partial charge in [0.25, 0.3) is 5.91 Å². The summed E-state index contributed by atoms with van der Waals surface area (Å²) in [6.07, 6.45) is 1.78. The standard InChI is InChI=1S/C28H22N4O2S2/c1-17-6-9-20(10-7-17)32-26(33)25(27-31(2)23-16-21(34-3)11-13-24(23)35-27)36-28(32)30-19-8-12-22-18(15-19)5-4-14-29-22/h4-16H,1-3H3. The molecule has 3 heterocycles. The van der Waals surface area contributed by atoms with E-state index >= 15 is 0 Å². The molecule has 1 fully saturated rings. The number of aliphatic imine (C=N–C) groups is 1. The smallest absolute Gasteiger partial charge is 0.274 e. The number of pyridine rings is 1. The van der Waals surface area contributed by atoms with Gasteiger partial charge in [-0.05, 0) is 67.2 Å². The number of aromatic nitrogens is 1. The number of carbonyl (C=O) groups excluding carboxylic acids is 1. The number of anilines is 2. The Morgan fingerprint density at radius 3 is 2.61 bits per heavy atom. The first kappa shape index (κ1) is 22.7. The summed E-state index contributed by atoms with van der Waals surface area (Å²) in [6, 6.07) is 23.7. The highest BCUT2D eigenvalue weighted by molar-refractivity contribution is 8.20. The largest absolute Gasteiger partial charge is 0.497 e. The van der Waals surface area contributed by atoms with Crippen LogP contribution in [0.25, 0.3) is 10.9 Å². The number of hydrogen-bond donors (Lipinski definition) is 0. The number of thioether (sulfide) groups is 2. The van der Waals surface area contributed by atoms with Crippen LogP contribution in [0.4, 0.5) is 17.1 Å². The zero-order chi connectivity index (χ0) is 24.8. The zero-order valence-electron chi connectivity index (χ0n) is 19.9. The van der Waals surface area contributed by atoms with Crippen LogP contribution < -0.4 is 14.5 Å². The third kappa shape index (κ3) is 3.92. The minimum Gasteiger partial charge on any atom is -0.497 e. The van der Waals surface area contributed by atoms with Gasteiger partial charge in [-0.3, -0.25) is 14.7 Å². The van der Waals surface area contributed by atoms with Gasteiger partial charge < -0.3 is 9.64 Å². The summed E-state index contributed by atoms with van der Waals surface area (Å²) in [6.45, 7) is 2.03. The lowest BCUT2D eigenvalue weighted by atomic mass is 10.2. The molecule has 0 spiro atoms. The van der Waals surface area contributed by atoms with Crippen molar-refractivity contribution in [2.45, 2.75) is 11.8 Å². The lowest BCUT2D eigenvalue weighted by molar-refractivity contribution is -0.113. The molecule has 6 nitrogen and oxygen atoms in total. The van der Waals surface area contributed by atoms with Crippen molar-refractivity contribution >= 4 is 62.6 Å². The monoisotopic (exact) mass is 510 g/mol. The summed E-state index contributed by atoms with van der Waals surface area (Å²) in [4.78, 5) is 28.7. The quantitative estimate of drug-likeness (QED) is 0.285. The van der Waals surface area contributed by atoms with Gasteiger partial charge >= 0.3 is 0 Å². The summed E-state index contributed by atoms with van der Waals surface area (Å²) >= 11 is 3.00. The molecular formula is C28H22N4O2S2. The van der Waals surface area contributed by atoms with Gasteiger partial charge in [0.1, 0.15) is 10.7 Å². The molecule has 0 saturated carbocycles. The first-order valence-electron chi connectivity index (χ1n) is 11.4. The Kier molecular flexibility index (Phi) is 5.70. The maximum atomic E-state index is 13.9. The molecule has 2 aliphatic rings. The van der Waals surface area contributed by atoms with Gasteiger partial charge in [0.2, 0.25) is 0 Å². The van der Waals surface area contributed by atoms with Gasteiger partial charge in [-0.15, -0.1) is 0 Å². The van der Waals surface area contributed by atoms with E-state index in [-0.39, 0.29) is 5.91 Å². The molecule has 3 aromatic carbocycles. The minimum absolute atomic E-state index is 0.0841. The Morgan fingerprint density at radius 1 is 0.972 bits per heavy atom. The minimum atomic E-state index is -0.0841. The van der Waals surface area contributed by atoms with E-state index in [1.807, 2.05) is 86.8 Å². The second-order valence-electron chi connectivity index (χ2n) is 8.48. The Balaban J connectivity index is 1.45. The predicted molar refractivity (Wildman–Crippen MR) is 149 cm³/mol. The summed E-state index contributed by atoms with van der Waals surface area (Å²) < 4.78 is 5.41. The molecule has 36 heavy (non-hydrogen) atoms. The summed E-state index contributed by atoms with van der Waals surface area (Å²) in [7, 11) is 3.64. The molecule has 6 rings (SSSR count). The molecule has 0 aliphatic carbocycles. The van der Waals surface area contributed by atoms with Gasteiger partial charge in [0.05, 0.1) is 34.7 Å². The number of nitrogens with zero attached hydrogens (tertiary/aromatic N) is 4. The van der Waals surface area contributed by atoms with E-state index in [0.717, 1.165) is 49.2 Å². The van der Waals surface area contributed by atoms with Gasteiger partial charge in [-0.2, -0.15) is 0 Å². The lowest BCUT2D eigenvalue weighted by Crippen LogP contribution is -2.29. The van der Waals surface area contributed by atoms with Gasteiger partial charge in [0.15, 0.2) is 5.17 Å². The number of ether oxygens (including phenoxy) is 1. The molecule has 2 aliphatic heterocycles.